The number of hydrogen-bond donors (Lipinski definition) is 1. The first kappa shape index (κ1) is 17.4. The molecule has 1 aromatic heterocycles. The fourth-order valence-corrected chi connectivity index (χ4v) is 2.53. The highest BCUT2D eigenvalue weighted by atomic mass is 16.5. The molecule has 0 unspecified atom stereocenters. The third-order valence-electron chi connectivity index (χ3n) is 3.79. The third kappa shape index (κ3) is 3.64. The minimum Gasteiger partial charge on any atom is -0.482 e. The van der Waals surface area contributed by atoms with Crippen molar-refractivity contribution in [2.45, 2.75) is 0 Å². The van der Waals surface area contributed by atoms with Gasteiger partial charge >= 0.3 is 0 Å². The Morgan fingerprint density at radius 3 is 2.77 bits per heavy atom. The van der Waals surface area contributed by atoms with Gasteiger partial charge in [0.15, 0.2) is 6.61 Å². The Morgan fingerprint density at radius 2 is 2.08 bits per heavy atom. The van der Waals surface area contributed by atoms with Gasteiger partial charge in [-0.15, -0.1) is 0 Å². The Hall–Kier alpha value is -3.42. The fourth-order valence-electron chi connectivity index (χ4n) is 2.53. The second-order valence-corrected chi connectivity index (χ2v) is 5.91. The molecule has 134 valence electrons. The predicted octanol–water partition coefficient (Wildman–Crippen LogP) is 1.15. The van der Waals surface area contributed by atoms with Gasteiger partial charge in [-0.3, -0.25) is 19.3 Å². The Labute approximate surface area is 150 Å². The van der Waals surface area contributed by atoms with Crippen LogP contribution in [-0.4, -0.2) is 54.9 Å². The van der Waals surface area contributed by atoms with Gasteiger partial charge in [0.05, 0.1) is 5.69 Å². The topological polar surface area (TPSA) is 91.8 Å². The van der Waals surface area contributed by atoms with Crippen LogP contribution in [0.1, 0.15) is 10.4 Å². The van der Waals surface area contributed by atoms with Crippen LogP contribution in [0.25, 0.3) is 0 Å². The Morgan fingerprint density at radius 1 is 1.27 bits per heavy atom. The second kappa shape index (κ2) is 7.22. The van der Waals surface area contributed by atoms with Gasteiger partial charge in [0.25, 0.3) is 11.8 Å². The number of aromatic nitrogens is 1. The quantitative estimate of drug-likeness (QED) is 0.889. The van der Waals surface area contributed by atoms with Crippen LogP contribution < -0.4 is 15.0 Å². The molecule has 26 heavy (non-hydrogen) atoms. The molecule has 0 radical (unpaired) electrons. The van der Waals surface area contributed by atoms with Crippen molar-refractivity contribution in [1.82, 2.24) is 9.88 Å². The molecule has 0 spiro atoms. The maximum absolute atomic E-state index is 12.3. The lowest BCUT2D eigenvalue weighted by atomic mass is 10.1. The summed E-state index contributed by atoms with van der Waals surface area (Å²) in [5.74, 6) is -0.110. The van der Waals surface area contributed by atoms with Crippen LogP contribution in [0.2, 0.25) is 0 Å². The number of benzene rings is 1. The van der Waals surface area contributed by atoms with E-state index in [0.29, 0.717) is 22.8 Å². The van der Waals surface area contributed by atoms with E-state index < -0.39 is 5.91 Å². The summed E-state index contributed by atoms with van der Waals surface area (Å²) in [5, 5.41) is 2.64. The zero-order valence-electron chi connectivity index (χ0n) is 14.4. The summed E-state index contributed by atoms with van der Waals surface area (Å²) in [4.78, 5) is 43.5. The molecule has 2 aromatic rings. The van der Waals surface area contributed by atoms with Gasteiger partial charge in [0.2, 0.25) is 5.91 Å². The average Bonchev–Trinajstić information content (AvgIpc) is 2.64. The summed E-state index contributed by atoms with van der Waals surface area (Å²) in [6.07, 6.45) is 1.56. The molecule has 1 aliphatic rings. The van der Waals surface area contributed by atoms with E-state index in [0.717, 1.165) is 0 Å². The fraction of sp³-hybridized carbons (Fsp3) is 0.222. The number of fused-ring (bicyclic) bond motifs is 1. The van der Waals surface area contributed by atoms with Gasteiger partial charge < -0.3 is 15.0 Å². The average molecular weight is 354 g/mol. The lowest BCUT2D eigenvalue weighted by molar-refractivity contribution is -0.123. The number of carbonyl (C=O) groups excluding carboxylic acids is 3. The van der Waals surface area contributed by atoms with Gasteiger partial charge in [-0.05, 0) is 30.3 Å². The molecule has 8 heteroatoms. The molecule has 0 bridgehead atoms. The number of hydrogen-bond acceptors (Lipinski definition) is 5. The zero-order valence-corrected chi connectivity index (χ0v) is 14.4. The van der Waals surface area contributed by atoms with E-state index in [-0.39, 0.29) is 25.0 Å². The van der Waals surface area contributed by atoms with E-state index in [1.165, 1.54) is 9.80 Å². The molecule has 2 heterocycles. The number of ether oxygens (including phenoxy) is 1. The van der Waals surface area contributed by atoms with Gasteiger partial charge in [-0.1, -0.05) is 6.07 Å². The summed E-state index contributed by atoms with van der Waals surface area (Å²) in [5.41, 5.74) is 0.798. The minimum absolute atomic E-state index is 0.162. The summed E-state index contributed by atoms with van der Waals surface area (Å²) in [7, 11) is 3.28. The van der Waals surface area contributed by atoms with Crippen LogP contribution in [0.5, 0.6) is 5.75 Å². The number of amides is 3. The molecule has 1 aliphatic heterocycles. The van der Waals surface area contributed by atoms with Crippen molar-refractivity contribution in [3.8, 4) is 5.75 Å². The van der Waals surface area contributed by atoms with E-state index in [1.807, 2.05) is 0 Å². The van der Waals surface area contributed by atoms with E-state index in [2.05, 4.69) is 10.3 Å². The van der Waals surface area contributed by atoms with Crippen molar-refractivity contribution in [3.05, 3.63) is 48.2 Å². The lowest BCUT2D eigenvalue weighted by Crippen LogP contribution is -2.43. The van der Waals surface area contributed by atoms with Crippen molar-refractivity contribution in [2.24, 2.45) is 0 Å². The molecule has 1 N–H and O–H groups in total. The highest BCUT2D eigenvalue weighted by Gasteiger charge is 2.28. The number of rotatable bonds is 4. The number of anilines is 2. The summed E-state index contributed by atoms with van der Waals surface area (Å²) < 4.78 is 5.40. The molecular weight excluding hydrogens is 336 g/mol. The maximum Gasteiger partial charge on any atom is 0.265 e. The minimum atomic E-state index is -0.394. The smallest absolute Gasteiger partial charge is 0.265 e. The molecule has 0 saturated carbocycles. The molecule has 8 nitrogen and oxygen atoms in total. The second-order valence-electron chi connectivity index (χ2n) is 5.91. The molecule has 0 atom stereocenters. The van der Waals surface area contributed by atoms with Crippen LogP contribution in [0.15, 0.2) is 42.6 Å². The molecule has 1 aromatic carbocycles. The third-order valence-corrected chi connectivity index (χ3v) is 3.79. The van der Waals surface area contributed by atoms with Crippen LogP contribution in [-0.2, 0) is 9.59 Å². The first-order chi connectivity index (χ1) is 12.5. The van der Waals surface area contributed by atoms with Crippen LogP contribution in [0, 0.1) is 0 Å². The first-order valence-electron chi connectivity index (χ1n) is 7.95. The van der Waals surface area contributed by atoms with Crippen LogP contribution >= 0.6 is 0 Å². The SMILES string of the molecule is CN(C)C(=O)c1ccc2c(c1)N(CC(=O)Nc1ccccn1)C(=O)CO2. The van der Waals surface area contributed by atoms with Gasteiger partial charge in [0, 0.05) is 25.9 Å². The Bertz CT molecular complexity index is 852. The largest absolute Gasteiger partial charge is 0.482 e. The van der Waals surface area contributed by atoms with E-state index in [1.54, 1.807) is 56.7 Å². The maximum atomic E-state index is 12.3. The van der Waals surface area contributed by atoms with E-state index in [4.69, 9.17) is 4.74 Å². The molecule has 0 aliphatic carbocycles. The van der Waals surface area contributed by atoms with Crippen molar-refractivity contribution >= 4 is 29.2 Å². The van der Waals surface area contributed by atoms with Crippen molar-refractivity contribution < 1.29 is 19.1 Å². The highest BCUT2D eigenvalue weighted by molar-refractivity contribution is 6.06. The standard InChI is InChI=1S/C18H18N4O4/c1-21(2)18(25)12-6-7-14-13(9-12)22(17(24)11-26-14)10-16(23)20-15-5-3-4-8-19-15/h3-9H,10-11H2,1-2H3,(H,19,20,23). The molecule has 3 rings (SSSR count). The predicted molar refractivity (Wildman–Crippen MR) is 95.2 cm³/mol. The Kier molecular flexibility index (Phi) is 4.83. The molecule has 0 saturated heterocycles. The van der Waals surface area contributed by atoms with E-state index in [9.17, 15) is 14.4 Å². The summed E-state index contributed by atoms with van der Waals surface area (Å²) >= 11 is 0. The molecular formula is C18H18N4O4. The highest BCUT2D eigenvalue weighted by Crippen LogP contribution is 2.33. The number of carbonyl (C=O) groups is 3. The van der Waals surface area contributed by atoms with Crippen LogP contribution in [0.4, 0.5) is 11.5 Å². The normalized spacial score (nSPS) is 12.8. The summed E-state index contributed by atoms with van der Waals surface area (Å²) in [6.45, 7) is -0.365. The molecule has 0 fully saturated rings. The first-order valence-corrected chi connectivity index (χ1v) is 7.95. The zero-order chi connectivity index (χ0) is 18.7. The van der Waals surface area contributed by atoms with Gasteiger partial charge in [-0.2, -0.15) is 0 Å². The van der Waals surface area contributed by atoms with Crippen LogP contribution in [0.3, 0.4) is 0 Å². The van der Waals surface area contributed by atoms with Crippen molar-refractivity contribution in [2.75, 3.05) is 37.5 Å². The lowest BCUT2D eigenvalue weighted by Gasteiger charge is -2.29. The molecule has 3 amide bonds. The van der Waals surface area contributed by atoms with Crippen molar-refractivity contribution in [3.63, 3.8) is 0 Å². The summed E-state index contributed by atoms with van der Waals surface area (Å²) in [6, 6.07) is 9.95. The van der Waals surface area contributed by atoms with E-state index >= 15 is 0 Å². The van der Waals surface area contributed by atoms with Crippen molar-refractivity contribution in [1.29, 1.82) is 0 Å². The van der Waals surface area contributed by atoms with Gasteiger partial charge in [0.1, 0.15) is 18.1 Å². The Balaban J connectivity index is 1.84. The monoisotopic (exact) mass is 354 g/mol. The van der Waals surface area contributed by atoms with Gasteiger partial charge in [-0.25, -0.2) is 4.98 Å². The number of pyridine rings is 1. The number of nitrogens with one attached hydrogen (secondary N) is 1. The number of nitrogens with zero attached hydrogens (tertiary/aromatic N) is 3.